The molecule has 1 aromatic heterocycles. The topological polar surface area (TPSA) is 94.4 Å². The van der Waals surface area contributed by atoms with E-state index in [0.717, 1.165) is 12.3 Å². The number of alkyl carbamates (subject to hydrolysis) is 1. The zero-order valence-corrected chi connectivity index (χ0v) is 16.0. The summed E-state index contributed by atoms with van der Waals surface area (Å²) in [7, 11) is 0. The minimum Gasteiger partial charge on any atom is -0.444 e. The van der Waals surface area contributed by atoms with Crippen molar-refractivity contribution in [2.75, 3.05) is 0 Å². The normalized spacial score (nSPS) is 12.5. The van der Waals surface area contributed by atoms with Gasteiger partial charge in [0.05, 0.1) is 15.6 Å². The van der Waals surface area contributed by atoms with Crippen molar-refractivity contribution in [1.82, 2.24) is 10.3 Å². The molecule has 1 heterocycles. The lowest BCUT2D eigenvalue weighted by atomic mass is 10.0. The van der Waals surface area contributed by atoms with Crippen LogP contribution in [0.3, 0.4) is 0 Å². The van der Waals surface area contributed by atoms with Crippen LogP contribution < -0.4 is 5.32 Å². The molecule has 0 spiro atoms. The summed E-state index contributed by atoms with van der Waals surface area (Å²) in [6.07, 6.45) is -2.76. The molecule has 2 rings (SSSR count). The molecule has 0 aliphatic rings. The first-order valence-electron chi connectivity index (χ1n) is 8.16. The number of aromatic nitrogens is 1. The molecule has 1 N–H and O–H groups in total. The van der Waals surface area contributed by atoms with Crippen molar-refractivity contribution in [3.63, 3.8) is 0 Å². The van der Waals surface area contributed by atoms with Crippen LogP contribution in [0.4, 0.5) is 19.3 Å². The third kappa shape index (κ3) is 5.59. The van der Waals surface area contributed by atoms with Gasteiger partial charge in [0, 0.05) is 11.6 Å². The summed E-state index contributed by atoms with van der Waals surface area (Å²) in [5, 5.41) is 13.0. The highest BCUT2D eigenvalue weighted by molar-refractivity contribution is 6.33. The molecule has 0 aliphatic carbocycles. The van der Waals surface area contributed by atoms with Crippen molar-refractivity contribution in [2.24, 2.45) is 0 Å². The maximum atomic E-state index is 13.4. The standard InChI is InChI=1S/C18H18ClF2N3O4/c1-18(2,3)28-17(25)23-15(16(20)21)11-6-4-10(5-7-11)14-13(19)8-12(9-22-14)24(26)27/h4-9,15-16H,1-3H3,(H,23,25)/t15-/m0/s1. The number of ether oxygens (including phenoxy) is 1. The maximum Gasteiger partial charge on any atom is 0.408 e. The number of rotatable bonds is 5. The summed E-state index contributed by atoms with van der Waals surface area (Å²) in [6.45, 7) is 4.87. The highest BCUT2D eigenvalue weighted by Gasteiger charge is 2.27. The molecular formula is C18H18ClF2N3O4. The van der Waals surface area contributed by atoms with E-state index in [2.05, 4.69) is 10.3 Å². The van der Waals surface area contributed by atoms with E-state index in [9.17, 15) is 23.7 Å². The van der Waals surface area contributed by atoms with Gasteiger partial charge in [-0.2, -0.15) is 0 Å². The second-order valence-electron chi connectivity index (χ2n) is 6.86. The van der Waals surface area contributed by atoms with Gasteiger partial charge in [0.25, 0.3) is 12.1 Å². The number of halogens is 3. The Labute approximate surface area is 164 Å². The summed E-state index contributed by atoms with van der Waals surface area (Å²) >= 11 is 6.03. The van der Waals surface area contributed by atoms with Gasteiger partial charge in [0.1, 0.15) is 17.8 Å². The van der Waals surface area contributed by atoms with Crippen LogP contribution in [0.5, 0.6) is 0 Å². The molecule has 0 unspecified atom stereocenters. The fraction of sp³-hybridized carbons (Fsp3) is 0.333. The molecule has 0 saturated carbocycles. The van der Waals surface area contributed by atoms with Crippen LogP contribution in [0.1, 0.15) is 32.4 Å². The van der Waals surface area contributed by atoms with Gasteiger partial charge in [-0.1, -0.05) is 35.9 Å². The van der Waals surface area contributed by atoms with Crippen molar-refractivity contribution >= 4 is 23.4 Å². The van der Waals surface area contributed by atoms with Crippen LogP contribution in [0.2, 0.25) is 5.02 Å². The molecule has 28 heavy (non-hydrogen) atoms. The average Bonchev–Trinajstić information content (AvgIpc) is 2.58. The van der Waals surface area contributed by atoms with Crippen LogP contribution in [0.15, 0.2) is 36.5 Å². The minimum atomic E-state index is -2.86. The largest absolute Gasteiger partial charge is 0.444 e. The van der Waals surface area contributed by atoms with E-state index in [-0.39, 0.29) is 22.0 Å². The minimum absolute atomic E-state index is 0.0549. The molecule has 0 fully saturated rings. The molecule has 1 atom stereocenters. The number of hydrogen-bond acceptors (Lipinski definition) is 5. The molecule has 7 nitrogen and oxygen atoms in total. The smallest absolute Gasteiger partial charge is 0.408 e. The second kappa shape index (κ2) is 8.47. The Kier molecular flexibility index (Phi) is 6.50. The number of amides is 1. The van der Waals surface area contributed by atoms with E-state index in [1.807, 2.05) is 0 Å². The number of nitro groups is 1. The molecule has 0 radical (unpaired) electrons. The summed E-state index contributed by atoms with van der Waals surface area (Å²) in [5.41, 5.74) is -0.173. The molecular weight excluding hydrogens is 396 g/mol. The quantitative estimate of drug-likeness (QED) is 0.541. The van der Waals surface area contributed by atoms with Gasteiger partial charge in [-0.05, 0) is 26.3 Å². The maximum absolute atomic E-state index is 13.4. The summed E-state index contributed by atoms with van der Waals surface area (Å²) < 4.78 is 31.8. The van der Waals surface area contributed by atoms with Gasteiger partial charge >= 0.3 is 6.09 Å². The number of nitrogens with zero attached hydrogens (tertiary/aromatic N) is 2. The summed E-state index contributed by atoms with van der Waals surface area (Å²) in [4.78, 5) is 25.9. The SMILES string of the molecule is CC(C)(C)OC(=O)N[C@@H](c1ccc(-c2ncc([N+](=O)[O-])cc2Cl)cc1)C(F)F. The van der Waals surface area contributed by atoms with E-state index in [0.29, 0.717) is 5.56 Å². The Morgan fingerprint density at radius 3 is 2.36 bits per heavy atom. The lowest BCUT2D eigenvalue weighted by molar-refractivity contribution is -0.385. The summed E-state index contributed by atoms with van der Waals surface area (Å²) in [6, 6.07) is 5.35. The number of alkyl halides is 2. The van der Waals surface area contributed by atoms with Crippen LogP contribution in [-0.4, -0.2) is 28.0 Å². The molecule has 150 valence electrons. The molecule has 0 saturated heterocycles. The van der Waals surface area contributed by atoms with Crippen LogP contribution in [0.25, 0.3) is 11.3 Å². The highest BCUT2D eigenvalue weighted by atomic mass is 35.5. The van der Waals surface area contributed by atoms with Gasteiger partial charge in [-0.25, -0.2) is 18.6 Å². The summed E-state index contributed by atoms with van der Waals surface area (Å²) in [5.74, 6) is 0. The number of benzene rings is 1. The first-order valence-corrected chi connectivity index (χ1v) is 8.53. The third-order valence-corrected chi connectivity index (χ3v) is 3.79. The predicted octanol–water partition coefficient (Wildman–Crippen LogP) is 5.14. The van der Waals surface area contributed by atoms with Crippen molar-refractivity contribution in [3.05, 3.63) is 57.2 Å². The van der Waals surface area contributed by atoms with Gasteiger partial charge < -0.3 is 10.1 Å². The Hall–Kier alpha value is -2.81. The lowest BCUT2D eigenvalue weighted by Crippen LogP contribution is -2.37. The molecule has 1 amide bonds. The molecule has 0 bridgehead atoms. The van der Waals surface area contributed by atoms with E-state index < -0.39 is 29.1 Å². The van der Waals surface area contributed by atoms with E-state index in [1.165, 1.54) is 24.3 Å². The molecule has 2 aromatic rings. The molecule has 0 aliphatic heterocycles. The molecule has 10 heteroatoms. The van der Waals surface area contributed by atoms with Crippen molar-refractivity contribution in [1.29, 1.82) is 0 Å². The lowest BCUT2D eigenvalue weighted by Gasteiger charge is -2.23. The fourth-order valence-electron chi connectivity index (χ4n) is 2.31. The van der Waals surface area contributed by atoms with E-state index in [1.54, 1.807) is 20.8 Å². The Morgan fingerprint density at radius 2 is 1.89 bits per heavy atom. The van der Waals surface area contributed by atoms with Crippen LogP contribution >= 0.6 is 11.6 Å². The zero-order chi connectivity index (χ0) is 21.1. The van der Waals surface area contributed by atoms with Gasteiger partial charge in [-0.15, -0.1) is 0 Å². The Morgan fingerprint density at radius 1 is 1.29 bits per heavy atom. The molecule has 1 aromatic carbocycles. The number of carbonyl (C=O) groups is 1. The van der Waals surface area contributed by atoms with Gasteiger partial charge in [0.15, 0.2) is 0 Å². The van der Waals surface area contributed by atoms with Crippen LogP contribution in [-0.2, 0) is 4.74 Å². The third-order valence-electron chi connectivity index (χ3n) is 3.51. The first kappa shape index (κ1) is 21.5. The second-order valence-corrected chi connectivity index (χ2v) is 7.27. The van der Waals surface area contributed by atoms with Crippen molar-refractivity contribution < 1.29 is 23.2 Å². The fourth-order valence-corrected chi connectivity index (χ4v) is 2.58. The average molecular weight is 414 g/mol. The number of hydrogen-bond donors (Lipinski definition) is 1. The van der Waals surface area contributed by atoms with Crippen molar-refractivity contribution in [2.45, 2.75) is 38.8 Å². The number of nitrogens with one attached hydrogen (secondary N) is 1. The predicted molar refractivity (Wildman–Crippen MR) is 99.5 cm³/mol. The van der Waals surface area contributed by atoms with E-state index >= 15 is 0 Å². The van der Waals surface area contributed by atoms with Gasteiger partial charge in [-0.3, -0.25) is 10.1 Å². The Balaban J connectivity index is 2.24. The van der Waals surface area contributed by atoms with Gasteiger partial charge in [0.2, 0.25) is 0 Å². The first-order chi connectivity index (χ1) is 13.0. The highest BCUT2D eigenvalue weighted by Crippen LogP contribution is 2.30. The zero-order valence-electron chi connectivity index (χ0n) is 15.3. The van der Waals surface area contributed by atoms with E-state index in [4.69, 9.17) is 16.3 Å². The van der Waals surface area contributed by atoms with Crippen molar-refractivity contribution in [3.8, 4) is 11.3 Å². The Bertz CT molecular complexity index is 870. The number of carbonyl (C=O) groups excluding carboxylic acids is 1. The van der Waals surface area contributed by atoms with Crippen LogP contribution in [0, 0.1) is 10.1 Å². The number of pyridine rings is 1. The monoisotopic (exact) mass is 413 g/mol.